The van der Waals surface area contributed by atoms with Gasteiger partial charge in [-0.25, -0.2) is 9.38 Å². The van der Waals surface area contributed by atoms with Crippen molar-refractivity contribution in [1.29, 1.82) is 0 Å². The molecule has 0 saturated carbocycles. The lowest BCUT2D eigenvalue weighted by atomic mass is 10.3. The molecule has 0 unspecified atom stereocenters. The summed E-state index contributed by atoms with van der Waals surface area (Å²) in [4.78, 5) is 3.97. The van der Waals surface area contributed by atoms with Crippen molar-refractivity contribution in [2.24, 2.45) is 10.7 Å². The van der Waals surface area contributed by atoms with Gasteiger partial charge in [0.2, 0.25) is 0 Å². The molecule has 0 aliphatic rings. The fraction of sp³-hybridized carbons (Fsp3) is 0.364. The molecule has 17 heavy (non-hydrogen) atoms. The van der Waals surface area contributed by atoms with Crippen LogP contribution in [0.4, 0.5) is 10.1 Å². The van der Waals surface area contributed by atoms with Crippen molar-refractivity contribution < 1.29 is 13.9 Å². The summed E-state index contributed by atoms with van der Waals surface area (Å²) in [5.74, 6) is 0.309. The van der Waals surface area contributed by atoms with E-state index >= 15 is 0 Å². The van der Waals surface area contributed by atoms with Gasteiger partial charge in [0.05, 0.1) is 12.5 Å². The molecule has 0 aliphatic heterocycles. The number of hydrogen-bond acceptors (Lipinski definition) is 3. The Balaban J connectivity index is 2.87. The molecule has 6 heteroatoms. The fourth-order valence-electron chi connectivity index (χ4n) is 1.12. The molecular weight excluding hydrogens is 247 g/mol. The molecule has 1 aromatic carbocycles. The Labute approximate surface area is 104 Å². The summed E-state index contributed by atoms with van der Waals surface area (Å²) in [5, 5.41) is 0. The average Bonchev–Trinajstić information content (AvgIpc) is 2.32. The maximum Gasteiger partial charge on any atom is 0.145 e. The van der Waals surface area contributed by atoms with E-state index in [1.807, 2.05) is 0 Å². The number of halogens is 2. The second-order valence-corrected chi connectivity index (χ2v) is 3.46. The summed E-state index contributed by atoms with van der Waals surface area (Å²) in [6.45, 7) is 0.789. The molecule has 94 valence electrons. The first kappa shape index (κ1) is 13.7. The molecule has 0 aliphatic carbocycles. The van der Waals surface area contributed by atoms with Crippen LogP contribution in [0.2, 0.25) is 0 Å². The van der Waals surface area contributed by atoms with Crippen LogP contribution in [0.5, 0.6) is 5.75 Å². The highest BCUT2D eigenvalue weighted by molar-refractivity contribution is 6.28. The molecule has 0 radical (unpaired) electrons. The van der Waals surface area contributed by atoms with Crippen LogP contribution in [0.3, 0.4) is 0 Å². The smallest absolute Gasteiger partial charge is 0.145 e. The third kappa shape index (κ3) is 4.58. The molecule has 0 spiro atoms. The molecule has 1 aromatic rings. The third-order valence-corrected chi connectivity index (χ3v) is 2.14. The van der Waals surface area contributed by atoms with E-state index in [0.29, 0.717) is 24.7 Å². The molecule has 2 N–H and O–H groups in total. The summed E-state index contributed by atoms with van der Waals surface area (Å²) in [5.41, 5.74) is 5.81. The lowest BCUT2D eigenvalue weighted by molar-refractivity contribution is 0.146. The standard InChI is InChI=1S/C11H14ClFN2O2/c1-16-4-5-17-10-3-2-8(13)6-9(10)15-11(14)7-12/h2-3,6H,4-5,7H2,1H3,(H2,14,15). The van der Waals surface area contributed by atoms with Crippen LogP contribution >= 0.6 is 11.6 Å². The second kappa shape index (κ2) is 7.09. The number of nitrogens with two attached hydrogens (primary N) is 1. The zero-order valence-corrected chi connectivity index (χ0v) is 10.2. The predicted octanol–water partition coefficient (Wildman–Crippen LogP) is 2.08. The van der Waals surface area contributed by atoms with Crippen LogP contribution in [-0.2, 0) is 4.74 Å². The van der Waals surface area contributed by atoms with E-state index in [-0.39, 0.29) is 11.7 Å². The number of hydrogen-bond donors (Lipinski definition) is 1. The Bertz CT molecular complexity index is 399. The number of aliphatic imine (C=N–C) groups is 1. The SMILES string of the molecule is COCCOc1ccc(F)cc1N=C(N)CCl. The van der Waals surface area contributed by atoms with Crippen molar-refractivity contribution in [3.8, 4) is 5.75 Å². The van der Waals surface area contributed by atoms with Crippen LogP contribution in [0, 0.1) is 5.82 Å². The number of amidine groups is 1. The van der Waals surface area contributed by atoms with Crippen LogP contribution in [0.1, 0.15) is 0 Å². The first-order valence-corrected chi connectivity index (χ1v) is 5.51. The molecule has 4 nitrogen and oxygen atoms in total. The van der Waals surface area contributed by atoms with Crippen LogP contribution < -0.4 is 10.5 Å². The van der Waals surface area contributed by atoms with E-state index in [1.165, 1.54) is 18.2 Å². The molecule has 0 fully saturated rings. The summed E-state index contributed by atoms with van der Waals surface area (Å²) in [6.07, 6.45) is 0. The summed E-state index contributed by atoms with van der Waals surface area (Å²) < 4.78 is 23.3. The normalized spacial score (nSPS) is 11.6. The van der Waals surface area contributed by atoms with Crippen LogP contribution in [-0.4, -0.2) is 32.0 Å². The van der Waals surface area contributed by atoms with Gasteiger partial charge in [0.1, 0.15) is 29.7 Å². The van der Waals surface area contributed by atoms with Crippen molar-refractivity contribution in [1.82, 2.24) is 0 Å². The average molecular weight is 261 g/mol. The first-order valence-electron chi connectivity index (χ1n) is 4.97. The second-order valence-electron chi connectivity index (χ2n) is 3.19. The topological polar surface area (TPSA) is 56.8 Å². The van der Waals surface area contributed by atoms with E-state index in [0.717, 1.165) is 0 Å². The van der Waals surface area contributed by atoms with Gasteiger partial charge >= 0.3 is 0 Å². The van der Waals surface area contributed by atoms with Gasteiger partial charge in [-0.15, -0.1) is 11.6 Å². The largest absolute Gasteiger partial charge is 0.489 e. The minimum Gasteiger partial charge on any atom is -0.489 e. The van der Waals surface area contributed by atoms with E-state index in [2.05, 4.69) is 4.99 Å². The zero-order valence-electron chi connectivity index (χ0n) is 9.45. The van der Waals surface area contributed by atoms with E-state index < -0.39 is 5.82 Å². The van der Waals surface area contributed by atoms with Crippen molar-refractivity contribution in [3.63, 3.8) is 0 Å². The van der Waals surface area contributed by atoms with Crippen molar-refractivity contribution in [2.45, 2.75) is 0 Å². The number of alkyl halides is 1. The Kier molecular flexibility index (Phi) is 5.72. The van der Waals surface area contributed by atoms with E-state index in [9.17, 15) is 4.39 Å². The van der Waals surface area contributed by atoms with E-state index in [1.54, 1.807) is 7.11 Å². The maximum absolute atomic E-state index is 13.1. The molecule has 1 rings (SSSR count). The van der Waals surface area contributed by atoms with Crippen molar-refractivity contribution in [2.75, 3.05) is 26.2 Å². The van der Waals surface area contributed by atoms with E-state index in [4.69, 9.17) is 26.8 Å². The summed E-state index contributed by atoms with van der Waals surface area (Å²) >= 11 is 5.51. The lowest BCUT2D eigenvalue weighted by Gasteiger charge is -2.08. The summed E-state index contributed by atoms with van der Waals surface area (Å²) in [6, 6.07) is 4.02. The van der Waals surface area contributed by atoms with Gasteiger partial charge in [-0.05, 0) is 12.1 Å². The van der Waals surface area contributed by atoms with Gasteiger partial charge in [-0.3, -0.25) is 0 Å². The van der Waals surface area contributed by atoms with Gasteiger partial charge in [0.25, 0.3) is 0 Å². The number of benzene rings is 1. The van der Waals surface area contributed by atoms with Crippen molar-refractivity contribution >= 4 is 23.1 Å². The Morgan fingerprint density at radius 1 is 1.47 bits per heavy atom. The molecule has 0 aromatic heterocycles. The zero-order chi connectivity index (χ0) is 12.7. The predicted molar refractivity (Wildman–Crippen MR) is 65.8 cm³/mol. The first-order chi connectivity index (χ1) is 8.17. The van der Waals surface area contributed by atoms with Gasteiger partial charge in [0.15, 0.2) is 0 Å². The fourth-order valence-corrected chi connectivity index (χ4v) is 1.18. The molecule has 0 heterocycles. The quantitative estimate of drug-likeness (QED) is 0.369. The lowest BCUT2D eigenvalue weighted by Crippen LogP contribution is -2.12. The molecular formula is C11H14ClFN2O2. The molecule has 0 bridgehead atoms. The minimum absolute atomic E-state index is 0.0774. The molecule has 0 atom stereocenters. The maximum atomic E-state index is 13.1. The number of methoxy groups -OCH3 is 1. The number of rotatable bonds is 6. The monoisotopic (exact) mass is 260 g/mol. The third-order valence-electron chi connectivity index (χ3n) is 1.87. The van der Waals surface area contributed by atoms with Crippen LogP contribution in [0.25, 0.3) is 0 Å². The highest BCUT2D eigenvalue weighted by Gasteiger charge is 2.05. The van der Waals surface area contributed by atoms with Gasteiger partial charge < -0.3 is 15.2 Å². The molecule has 0 amide bonds. The Morgan fingerprint density at radius 2 is 2.24 bits per heavy atom. The highest BCUT2D eigenvalue weighted by atomic mass is 35.5. The van der Waals surface area contributed by atoms with Gasteiger partial charge in [-0.2, -0.15) is 0 Å². The Morgan fingerprint density at radius 3 is 2.88 bits per heavy atom. The van der Waals surface area contributed by atoms with Gasteiger partial charge in [-0.1, -0.05) is 0 Å². The van der Waals surface area contributed by atoms with Gasteiger partial charge in [0, 0.05) is 13.2 Å². The Hall–Kier alpha value is -1.33. The van der Waals surface area contributed by atoms with Crippen LogP contribution in [0.15, 0.2) is 23.2 Å². The molecule has 0 saturated heterocycles. The number of nitrogens with zero attached hydrogens (tertiary/aromatic N) is 1. The minimum atomic E-state index is -0.412. The summed E-state index contributed by atoms with van der Waals surface area (Å²) in [7, 11) is 1.57. The van der Waals surface area contributed by atoms with Crippen molar-refractivity contribution in [3.05, 3.63) is 24.0 Å². The number of ether oxygens (including phenoxy) is 2. The highest BCUT2D eigenvalue weighted by Crippen LogP contribution is 2.28.